The van der Waals surface area contributed by atoms with Crippen LogP contribution < -0.4 is 5.32 Å². The van der Waals surface area contributed by atoms with Crippen LogP contribution in [-0.4, -0.2) is 45.3 Å². The van der Waals surface area contributed by atoms with Gasteiger partial charge in [-0.25, -0.2) is 14.8 Å². The van der Waals surface area contributed by atoms with Gasteiger partial charge in [-0.2, -0.15) is 5.10 Å². The smallest absolute Gasteiger partial charge is 0.338 e. The molecular formula is C18H15N5O3. The Bertz CT molecular complexity index is 1010. The second-order valence-electron chi connectivity index (χ2n) is 5.70. The molecule has 0 bridgehead atoms. The molecule has 0 saturated heterocycles. The summed E-state index contributed by atoms with van der Waals surface area (Å²) in [5.41, 5.74) is 2.61. The van der Waals surface area contributed by atoms with Gasteiger partial charge in [0.05, 0.1) is 24.9 Å². The Labute approximate surface area is 148 Å². The number of carbonyl (C=O) groups is 2. The first-order chi connectivity index (χ1) is 12.7. The Balaban J connectivity index is 1.77. The maximum atomic E-state index is 12.0. The summed E-state index contributed by atoms with van der Waals surface area (Å²) < 4.78 is 6.49. The average Bonchev–Trinajstić information content (AvgIpc) is 3.13. The number of hydrogen-bond acceptors (Lipinski definition) is 6. The van der Waals surface area contributed by atoms with E-state index in [4.69, 9.17) is 4.74 Å². The highest BCUT2D eigenvalue weighted by Crippen LogP contribution is 2.24. The van der Waals surface area contributed by atoms with Gasteiger partial charge in [0.25, 0.3) is 5.91 Å². The number of methoxy groups -OCH3 is 1. The molecule has 8 heteroatoms. The topological polar surface area (TPSA) is 99.0 Å². The molecule has 1 aliphatic heterocycles. The number of hydrogen-bond donors (Lipinski definition) is 1. The fourth-order valence-electron chi connectivity index (χ4n) is 2.86. The third-order valence-corrected chi connectivity index (χ3v) is 4.11. The summed E-state index contributed by atoms with van der Waals surface area (Å²) in [6, 6.07) is 10.4. The lowest BCUT2D eigenvalue weighted by molar-refractivity contribution is 0.0601. The second-order valence-corrected chi connectivity index (χ2v) is 5.70. The number of esters is 1. The first-order valence-electron chi connectivity index (χ1n) is 8.04. The van der Waals surface area contributed by atoms with Gasteiger partial charge in [0, 0.05) is 18.3 Å². The third kappa shape index (κ3) is 2.71. The van der Waals surface area contributed by atoms with E-state index in [-0.39, 0.29) is 5.91 Å². The van der Waals surface area contributed by atoms with E-state index in [9.17, 15) is 9.59 Å². The summed E-state index contributed by atoms with van der Waals surface area (Å²) in [5, 5.41) is 7.24. The molecule has 1 N–H and O–H groups in total. The average molecular weight is 349 g/mol. The number of aromatic nitrogens is 4. The van der Waals surface area contributed by atoms with Crippen molar-refractivity contribution in [2.24, 2.45) is 0 Å². The summed E-state index contributed by atoms with van der Waals surface area (Å²) in [5.74, 6) is -0.219. The van der Waals surface area contributed by atoms with Crippen LogP contribution in [-0.2, 0) is 11.3 Å². The van der Waals surface area contributed by atoms with Crippen LogP contribution in [0.15, 0.2) is 42.6 Å². The van der Waals surface area contributed by atoms with E-state index in [0.717, 1.165) is 0 Å². The van der Waals surface area contributed by atoms with Gasteiger partial charge < -0.3 is 10.1 Å². The molecule has 8 nitrogen and oxygen atoms in total. The molecule has 0 aliphatic carbocycles. The minimum Gasteiger partial charge on any atom is -0.465 e. The zero-order chi connectivity index (χ0) is 18.1. The van der Waals surface area contributed by atoms with Crippen LogP contribution >= 0.6 is 0 Å². The molecule has 0 atom stereocenters. The van der Waals surface area contributed by atoms with E-state index >= 15 is 0 Å². The monoisotopic (exact) mass is 349 g/mol. The van der Waals surface area contributed by atoms with Gasteiger partial charge in [0.2, 0.25) is 0 Å². The number of fused-ring (bicyclic) bond motifs is 1. The minimum atomic E-state index is -0.455. The molecule has 0 unspecified atom stereocenters. The molecular weight excluding hydrogens is 334 g/mol. The van der Waals surface area contributed by atoms with E-state index in [1.54, 1.807) is 47.3 Å². The Morgan fingerprint density at radius 1 is 1.23 bits per heavy atom. The van der Waals surface area contributed by atoms with Crippen molar-refractivity contribution in [3.63, 3.8) is 0 Å². The van der Waals surface area contributed by atoms with Crippen molar-refractivity contribution in [3.8, 4) is 22.8 Å². The quantitative estimate of drug-likeness (QED) is 0.720. The number of amides is 1. The van der Waals surface area contributed by atoms with Crippen LogP contribution in [0.4, 0.5) is 0 Å². The molecule has 0 radical (unpaired) electrons. The normalized spacial score (nSPS) is 13.0. The van der Waals surface area contributed by atoms with Gasteiger partial charge in [-0.1, -0.05) is 18.2 Å². The van der Waals surface area contributed by atoms with Crippen molar-refractivity contribution < 1.29 is 14.3 Å². The Kier molecular flexibility index (Phi) is 3.92. The number of carbonyl (C=O) groups excluding carboxylic acids is 2. The van der Waals surface area contributed by atoms with Crippen molar-refractivity contribution in [1.82, 2.24) is 25.1 Å². The zero-order valence-corrected chi connectivity index (χ0v) is 14.0. The predicted octanol–water partition coefficient (Wildman–Crippen LogP) is 1.54. The van der Waals surface area contributed by atoms with Crippen molar-refractivity contribution in [2.75, 3.05) is 13.7 Å². The summed E-state index contributed by atoms with van der Waals surface area (Å²) in [4.78, 5) is 32.7. The fourth-order valence-corrected chi connectivity index (χ4v) is 2.86. The lowest BCUT2D eigenvalue weighted by Crippen LogP contribution is -2.35. The van der Waals surface area contributed by atoms with E-state index < -0.39 is 5.97 Å². The van der Waals surface area contributed by atoms with E-state index in [1.807, 2.05) is 0 Å². The number of nitrogens with zero attached hydrogens (tertiary/aromatic N) is 4. The number of nitrogens with one attached hydrogen (secondary N) is 1. The Morgan fingerprint density at radius 3 is 2.88 bits per heavy atom. The molecule has 1 aliphatic rings. The van der Waals surface area contributed by atoms with Gasteiger partial charge in [-0.3, -0.25) is 9.48 Å². The van der Waals surface area contributed by atoms with E-state index in [1.165, 1.54) is 7.11 Å². The summed E-state index contributed by atoms with van der Waals surface area (Å²) >= 11 is 0. The first-order valence-corrected chi connectivity index (χ1v) is 8.04. The van der Waals surface area contributed by atoms with Crippen LogP contribution in [0.1, 0.15) is 20.8 Å². The van der Waals surface area contributed by atoms with Gasteiger partial charge >= 0.3 is 5.97 Å². The summed E-state index contributed by atoms with van der Waals surface area (Å²) in [7, 11) is 1.33. The van der Waals surface area contributed by atoms with Crippen LogP contribution in [0.2, 0.25) is 0 Å². The van der Waals surface area contributed by atoms with E-state index in [0.29, 0.717) is 47.1 Å². The molecule has 26 heavy (non-hydrogen) atoms. The van der Waals surface area contributed by atoms with Crippen molar-refractivity contribution in [2.45, 2.75) is 6.54 Å². The van der Waals surface area contributed by atoms with Gasteiger partial charge in [-0.05, 0) is 18.2 Å². The lowest BCUT2D eigenvalue weighted by Gasteiger charge is -2.13. The molecule has 0 spiro atoms. The van der Waals surface area contributed by atoms with Gasteiger partial charge in [-0.15, -0.1) is 0 Å². The molecule has 3 heterocycles. The molecule has 130 valence electrons. The highest BCUT2D eigenvalue weighted by molar-refractivity contribution is 5.96. The third-order valence-electron chi connectivity index (χ3n) is 4.11. The van der Waals surface area contributed by atoms with Crippen LogP contribution in [0, 0.1) is 0 Å². The number of benzene rings is 1. The molecule has 1 amide bonds. The van der Waals surface area contributed by atoms with Crippen LogP contribution in [0.25, 0.3) is 22.8 Å². The molecule has 2 aromatic heterocycles. The Morgan fingerprint density at radius 2 is 2.08 bits per heavy atom. The maximum absolute atomic E-state index is 12.0. The van der Waals surface area contributed by atoms with Crippen molar-refractivity contribution >= 4 is 11.9 Å². The van der Waals surface area contributed by atoms with Gasteiger partial charge in [0.1, 0.15) is 11.4 Å². The molecule has 4 rings (SSSR count). The summed E-state index contributed by atoms with van der Waals surface area (Å²) in [6.45, 7) is 1.17. The zero-order valence-electron chi connectivity index (χ0n) is 14.0. The first kappa shape index (κ1) is 15.9. The predicted molar refractivity (Wildman–Crippen MR) is 92.4 cm³/mol. The number of rotatable bonds is 3. The molecule has 0 fully saturated rings. The molecule has 3 aromatic rings. The fraction of sp³-hybridized carbons (Fsp3) is 0.167. The maximum Gasteiger partial charge on any atom is 0.338 e. The largest absolute Gasteiger partial charge is 0.465 e. The molecule has 0 saturated carbocycles. The van der Waals surface area contributed by atoms with E-state index in [2.05, 4.69) is 20.4 Å². The number of ether oxygens (including phenoxy) is 1. The molecule has 1 aromatic carbocycles. The van der Waals surface area contributed by atoms with Gasteiger partial charge in [0.15, 0.2) is 5.82 Å². The highest BCUT2D eigenvalue weighted by atomic mass is 16.5. The lowest BCUT2D eigenvalue weighted by atomic mass is 10.1. The van der Waals surface area contributed by atoms with Crippen LogP contribution in [0.3, 0.4) is 0 Å². The summed E-state index contributed by atoms with van der Waals surface area (Å²) in [6.07, 6.45) is 1.60. The van der Waals surface area contributed by atoms with Crippen LogP contribution in [0.5, 0.6) is 0 Å². The SMILES string of the molecule is COC(=O)c1ccccc1-c1nccc(-c2cc3n(n2)CCNC3=O)n1. The highest BCUT2D eigenvalue weighted by Gasteiger charge is 2.21. The second kappa shape index (κ2) is 6.40. The van der Waals surface area contributed by atoms with Crippen molar-refractivity contribution in [1.29, 1.82) is 0 Å². The van der Waals surface area contributed by atoms with Crippen molar-refractivity contribution in [3.05, 3.63) is 53.9 Å². The minimum absolute atomic E-state index is 0.152. The Hall–Kier alpha value is -3.55. The standard InChI is InChI=1S/C18H15N5O3/c1-26-18(25)12-5-3-2-4-11(12)16-19-7-6-13(21-16)14-10-15-17(24)20-8-9-23(15)22-14/h2-7,10H,8-9H2,1H3,(H,20,24).